The van der Waals surface area contributed by atoms with E-state index in [1.54, 1.807) is 6.07 Å². The van der Waals surface area contributed by atoms with Gasteiger partial charge < -0.3 is 20.1 Å². The summed E-state index contributed by atoms with van der Waals surface area (Å²) in [7, 11) is 1.34. The van der Waals surface area contributed by atoms with Crippen LogP contribution in [0.1, 0.15) is 35.1 Å². The van der Waals surface area contributed by atoms with Crippen LogP contribution in [0.3, 0.4) is 0 Å². The van der Waals surface area contributed by atoms with E-state index < -0.39 is 36.5 Å². The largest absolute Gasteiger partial charge is 0.507 e. The molecule has 142 valence electrons. The summed E-state index contributed by atoms with van der Waals surface area (Å²) >= 11 is 0. The number of amides is 1. The highest BCUT2D eigenvalue weighted by Gasteiger charge is 2.57. The first kappa shape index (κ1) is 19.8. The van der Waals surface area contributed by atoms with Crippen LogP contribution in [0.5, 0.6) is 5.75 Å². The number of phenolic OH excluding ortho intramolecular Hbond substituents is 1. The number of rotatable bonds is 6. The molecule has 0 radical (unpaired) electrons. The second-order valence-corrected chi connectivity index (χ2v) is 5.93. The highest BCUT2D eigenvalue weighted by Crippen LogP contribution is 2.40. The van der Waals surface area contributed by atoms with Crippen LogP contribution in [0.15, 0.2) is 30.6 Å². The van der Waals surface area contributed by atoms with Gasteiger partial charge in [-0.2, -0.15) is 13.2 Å². The van der Waals surface area contributed by atoms with Gasteiger partial charge in [0.05, 0.1) is 5.56 Å². The fourth-order valence-corrected chi connectivity index (χ4v) is 2.58. The molecular formula is C17H20F3N3O3. The van der Waals surface area contributed by atoms with Gasteiger partial charge in [-0.15, -0.1) is 0 Å². The average molecular weight is 371 g/mol. The second kappa shape index (κ2) is 7.36. The minimum Gasteiger partial charge on any atom is -0.507 e. The summed E-state index contributed by atoms with van der Waals surface area (Å²) in [6, 6.07) is 4.47. The van der Waals surface area contributed by atoms with E-state index in [0.717, 1.165) is 16.3 Å². The van der Waals surface area contributed by atoms with Crippen molar-refractivity contribution >= 4 is 5.91 Å². The van der Waals surface area contributed by atoms with Crippen molar-refractivity contribution in [3.63, 3.8) is 0 Å². The molecule has 0 spiro atoms. The third-order valence-electron chi connectivity index (χ3n) is 4.15. The number of aromatic nitrogens is 2. The van der Waals surface area contributed by atoms with Gasteiger partial charge in [0.15, 0.2) is 0 Å². The van der Waals surface area contributed by atoms with E-state index in [0.29, 0.717) is 6.42 Å². The van der Waals surface area contributed by atoms with Gasteiger partial charge in [-0.05, 0) is 24.1 Å². The lowest BCUT2D eigenvalue weighted by molar-refractivity contribution is -0.272. The second-order valence-electron chi connectivity index (χ2n) is 5.93. The van der Waals surface area contributed by atoms with Gasteiger partial charge in [-0.25, -0.2) is 4.98 Å². The van der Waals surface area contributed by atoms with Crippen LogP contribution in [0.2, 0.25) is 0 Å². The quantitative estimate of drug-likeness (QED) is 0.727. The maximum absolute atomic E-state index is 13.4. The molecule has 9 heteroatoms. The monoisotopic (exact) mass is 371 g/mol. The summed E-state index contributed by atoms with van der Waals surface area (Å²) in [5.41, 5.74) is -2.43. The Kier molecular flexibility index (Phi) is 5.60. The van der Waals surface area contributed by atoms with E-state index in [1.807, 2.05) is 6.92 Å². The number of aliphatic hydroxyl groups is 1. The van der Waals surface area contributed by atoms with Crippen molar-refractivity contribution in [2.75, 3.05) is 6.54 Å². The lowest BCUT2D eigenvalue weighted by Crippen LogP contribution is -2.46. The van der Waals surface area contributed by atoms with Crippen molar-refractivity contribution < 1.29 is 28.2 Å². The van der Waals surface area contributed by atoms with Crippen molar-refractivity contribution in [2.45, 2.75) is 31.5 Å². The molecular weight excluding hydrogens is 351 g/mol. The van der Waals surface area contributed by atoms with E-state index in [2.05, 4.69) is 10.3 Å². The number of carbonyl (C=O) groups is 1. The topological polar surface area (TPSA) is 87.4 Å². The minimum atomic E-state index is -4.97. The van der Waals surface area contributed by atoms with Gasteiger partial charge in [0.2, 0.25) is 5.60 Å². The van der Waals surface area contributed by atoms with Crippen molar-refractivity contribution in [1.82, 2.24) is 14.9 Å². The molecule has 1 amide bonds. The minimum absolute atomic E-state index is 0.0307. The Morgan fingerprint density at radius 1 is 1.35 bits per heavy atom. The number of aromatic hydroxyl groups is 1. The van der Waals surface area contributed by atoms with Crippen LogP contribution in [0.4, 0.5) is 13.2 Å². The summed E-state index contributed by atoms with van der Waals surface area (Å²) in [6.07, 6.45) is -2.71. The zero-order valence-corrected chi connectivity index (χ0v) is 14.3. The summed E-state index contributed by atoms with van der Waals surface area (Å²) in [6.45, 7) is 1.40. The molecule has 0 fully saturated rings. The zero-order valence-electron chi connectivity index (χ0n) is 14.3. The molecule has 0 aliphatic heterocycles. The maximum Gasteiger partial charge on any atom is 0.424 e. The van der Waals surface area contributed by atoms with Gasteiger partial charge in [0.25, 0.3) is 5.91 Å². The molecule has 6 nitrogen and oxygen atoms in total. The van der Waals surface area contributed by atoms with Crippen LogP contribution < -0.4 is 5.32 Å². The predicted molar refractivity (Wildman–Crippen MR) is 87.6 cm³/mol. The first-order valence-electron chi connectivity index (χ1n) is 7.97. The molecule has 1 heterocycles. The first-order valence-corrected chi connectivity index (χ1v) is 7.97. The normalized spacial score (nSPS) is 14.1. The fraction of sp³-hybridized carbons (Fsp3) is 0.412. The number of phenols is 1. The third kappa shape index (κ3) is 3.82. The summed E-state index contributed by atoms with van der Waals surface area (Å²) in [4.78, 5) is 15.8. The van der Waals surface area contributed by atoms with Crippen LogP contribution in [0, 0.1) is 0 Å². The molecule has 1 aromatic carbocycles. The number of alkyl halides is 3. The van der Waals surface area contributed by atoms with Gasteiger partial charge >= 0.3 is 6.18 Å². The molecule has 3 N–H and O–H groups in total. The van der Waals surface area contributed by atoms with E-state index in [1.165, 1.54) is 25.4 Å². The molecule has 0 saturated carbocycles. The Balaban J connectivity index is 2.14. The number of nitrogens with zero attached hydrogens (tertiary/aromatic N) is 2. The lowest BCUT2D eigenvalue weighted by Gasteiger charge is -2.30. The van der Waals surface area contributed by atoms with Crippen molar-refractivity contribution in [1.29, 1.82) is 0 Å². The Morgan fingerprint density at radius 3 is 2.58 bits per heavy atom. The third-order valence-corrected chi connectivity index (χ3v) is 4.15. The number of carbonyl (C=O) groups excluding carboxylic acids is 1. The standard InChI is InChI=1S/C17H20F3N3O3/c1-3-11-4-5-13(24)12(10-11)14(25)21-7-6-16(26,17(18,19)20)15-22-8-9-23(15)2/h4-5,8-10,24,26H,3,6-7H2,1-2H3,(H,21,25)/t16-/m0/s1. The first-order chi connectivity index (χ1) is 12.1. The Hall–Kier alpha value is -2.55. The number of nitrogens with one attached hydrogen (secondary N) is 1. The molecule has 0 unspecified atom stereocenters. The maximum atomic E-state index is 13.4. The zero-order chi connectivity index (χ0) is 19.5. The van der Waals surface area contributed by atoms with Gasteiger partial charge in [0.1, 0.15) is 11.6 Å². The van der Waals surface area contributed by atoms with Crippen LogP contribution in [-0.4, -0.2) is 38.4 Å². The number of hydrogen-bond donors (Lipinski definition) is 3. The smallest absolute Gasteiger partial charge is 0.424 e. The molecule has 2 aromatic rings. The Bertz CT molecular complexity index is 789. The van der Waals surface area contributed by atoms with E-state index in [-0.39, 0.29) is 11.3 Å². The van der Waals surface area contributed by atoms with E-state index in [9.17, 15) is 28.2 Å². The number of hydrogen-bond acceptors (Lipinski definition) is 4. The number of imidazole rings is 1. The highest BCUT2D eigenvalue weighted by molar-refractivity contribution is 5.96. The molecule has 2 rings (SSSR count). The Morgan fingerprint density at radius 2 is 2.04 bits per heavy atom. The highest BCUT2D eigenvalue weighted by atomic mass is 19.4. The van der Waals surface area contributed by atoms with Crippen molar-refractivity contribution in [3.05, 3.63) is 47.5 Å². The molecule has 0 aliphatic carbocycles. The summed E-state index contributed by atoms with van der Waals surface area (Å²) < 4.78 is 41.3. The molecule has 0 aliphatic rings. The van der Waals surface area contributed by atoms with Crippen LogP contribution >= 0.6 is 0 Å². The average Bonchev–Trinajstić information content (AvgIpc) is 3.00. The Labute approximate surface area is 148 Å². The van der Waals surface area contributed by atoms with Gasteiger partial charge in [0, 0.05) is 32.4 Å². The van der Waals surface area contributed by atoms with Gasteiger partial charge in [-0.1, -0.05) is 13.0 Å². The van der Waals surface area contributed by atoms with E-state index in [4.69, 9.17) is 0 Å². The summed E-state index contributed by atoms with van der Waals surface area (Å²) in [5, 5.41) is 22.3. The SMILES string of the molecule is CCc1ccc(O)c(C(=O)NCC[C@](O)(c2nccn2C)C(F)(F)F)c1. The molecule has 1 aromatic heterocycles. The van der Waals surface area contributed by atoms with Crippen LogP contribution in [0.25, 0.3) is 0 Å². The van der Waals surface area contributed by atoms with E-state index >= 15 is 0 Å². The number of halogens is 3. The van der Waals surface area contributed by atoms with Crippen LogP contribution in [-0.2, 0) is 19.1 Å². The number of benzene rings is 1. The molecule has 1 atom stereocenters. The van der Waals surface area contributed by atoms with Gasteiger partial charge in [-0.3, -0.25) is 4.79 Å². The predicted octanol–water partition coefficient (Wildman–Crippen LogP) is 2.26. The molecule has 0 bridgehead atoms. The number of aryl methyl sites for hydroxylation is 2. The van der Waals surface area contributed by atoms with Crippen molar-refractivity contribution in [3.8, 4) is 5.75 Å². The van der Waals surface area contributed by atoms with Crippen molar-refractivity contribution in [2.24, 2.45) is 7.05 Å². The lowest BCUT2D eigenvalue weighted by atomic mass is 9.97. The summed E-state index contributed by atoms with van der Waals surface area (Å²) in [5.74, 6) is -1.55. The fourth-order valence-electron chi connectivity index (χ4n) is 2.58. The molecule has 0 saturated heterocycles. The molecule has 26 heavy (non-hydrogen) atoms.